The molecular formula is C17H15FN4O3. The lowest BCUT2D eigenvalue weighted by atomic mass is 10.3. The number of rotatable bonds is 5. The highest BCUT2D eigenvalue weighted by atomic mass is 19.1. The molecule has 0 saturated heterocycles. The number of hydrogen-bond acceptors (Lipinski definition) is 6. The van der Waals surface area contributed by atoms with Crippen molar-refractivity contribution in [3.8, 4) is 5.75 Å². The molecule has 0 spiro atoms. The summed E-state index contributed by atoms with van der Waals surface area (Å²) in [6.45, 7) is 0. The van der Waals surface area contributed by atoms with Gasteiger partial charge in [0.25, 0.3) is 0 Å². The van der Waals surface area contributed by atoms with E-state index in [4.69, 9.17) is 4.74 Å². The van der Waals surface area contributed by atoms with Gasteiger partial charge in [0.05, 0.1) is 26.3 Å². The Morgan fingerprint density at radius 1 is 1.20 bits per heavy atom. The Balaban J connectivity index is 2.09. The van der Waals surface area contributed by atoms with Crippen LogP contribution in [0.1, 0.15) is 5.69 Å². The van der Waals surface area contributed by atoms with Gasteiger partial charge in [-0.3, -0.25) is 9.20 Å². The summed E-state index contributed by atoms with van der Waals surface area (Å²) >= 11 is 0. The van der Waals surface area contributed by atoms with Crippen molar-refractivity contribution in [2.45, 2.75) is 6.42 Å². The quantitative estimate of drug-likeness (QED) is 0.524. The molecule has 0 atom stereocenters. The van der Waals surface area contributed by atoms with E-state index < -0.39 is 11.8 Å². The lowest BCUT2D eigenvalue weighted by Crippen LogP contribution is -2.04. The summed E-state index contributed by atoms with van der Waals surface area (Å²) in [6, 6.07) is 9.86. The van der Waals surface area contributed by atoms with E-state index in [1.807, 2.05) is 6.07 Å². The predicted molar refractivity (Wildman–Crippen MR) is 88.0 cm³/mol. The second-order valence-electron chi connectivity index (χ2n) is 5.08. The van der Waals surface area contributed by atoms with E-state index in [0.717, 1.165) is 0 Å². The second kappa shape index (κ2) is 7.08. The summed E-state index contributed by atoms with van der Waals surface area (Å²) < 4.78 is 24.9. The van der Waals surface area contributed by atoms with Crippen LogP contribution in [0, 0.1) is 5.82 Å². The molecule has 0 unspecified atom stereocenters. The summed E-state index contributed by atoms with van der Waals surface area (Å²) in [4.78, 5) is 15.9. The summed E-state index contributed by atoms with van der Waals surface area (Å²) in [5.74, 6) is -0.132. The van der Waals surface area contributed by atoms with Crippen molar-refractivity contribution in [2.75, 3.05) is 14.2 Å². The van der Waals surface area contributed by atoms with Gasteiger partial charge in [0.2, 0.25) is 0 Å². The molecule has 1 aromatic carbocycles. The molecule has 2 aromatic heterocycles. The van der Waals surface area contributed by atoms with Crippen LogP contribution in [-0.4, -0.2) is 29.6 Å². The third-order valence-electron chi connectivity index (χ3n) is 3.50. The number of hydrogen-bond donors (Lipinski definition) is 0. The number of nitrogens with zero attached hydrogens (tertiary/aromatic N) is 4. The first-order valence-electron chi connectivity index (χ1n) is 7.40. The Morgan fingerprint density at radius 3 is 2.76 bits per heavy atom. The number of halogens is 1. The summed E-state index contributed by atoms with van der Waals surface area (Å²) in [6.07, 6.45) is 1.14. The minimum atomic E-state index is -0.474. The second-order valence-corrected chi connectivity index (χ2v) is 5.08. The first-order chi connectivity index (χ1) is 12.1. The fourth-order valence-electron chi connectivity index (χ4n) is 2.30. The first-order valence-corrected chi connectivity index (χ1v) is 7.40. The third-order valence-corrected chi connectivity index (χ3v) is 3.50. The lowest BCUT2D eigenvalue weighted by Gasteiger charge is -2.02. The van der Waals surface area contributed by atoms with E-state index in [0.29, 0.717) is 22.8 Å². The minimum absolute atomic E-state index is 0.0971. The van der Waals surface area contributed by atoms with Gasteiger partial charge in [-0.1, -0.05) is 12.1 Å². The molecule has 8 heteroatoms. The molecule has 25 heavy (non-hydrogen) atoms. The normalized spacial score (nSPS) is 11.2. The van der Waals surface area contributed by atoms with E-state index in [2.05, 4.69) is 19.9 Å². The fourth-order valence-corrected chi connectivity index (χ4v) is 2.30. The molecule has 0 aliphatic carbocycles. The number of aromatic nitrogens is 2. The summed E-state index contributed by atoms with van der Waals surface area (Å²) in [5, 5.41) is 8.33. The van der Waals surface area contributed by atoms with Crippen molar-refractivity contribution < 1.29 is 18.7 Å². The largest absolute Gasteiger partial charge is 0.494 e. The number of pyridine rings is 1. The molecule has 0 saturated carbocycles. The molecule has 0 N–H and O–H groups in total. The molecule has 7 nitrogen and oxygen atoms in total. The zero-order chi connectivity index (χ0) is 17.8. The van der Waals surface area contributed by atoms with Gasteiger partial charge in [0, 0.05) is 6.20 Å². The van der Waals surface area contributed by atoms with Gasteiger partial charge in [-0.25, -0.2) is 9.37 Å². The van der Waals surface area contributed by atoms with Crippen molar-refractivity contribution in [1.29, 1.82) is 0 Å². The highest BCUT2D eigenvalue weighted by Crippen LogP contribution is 2.30. The number of benzene rings is 1. The smallest absolute Gasteiger partial charge is 0.311 e. The highest BCUT2D eigenvalue weighted by molar-refractivity contribution is 5.74. The van der Waals surface area contributed by atoms with Crippen LogP contribution in [0.2, 0.25) is 0 Å². The third kappa shape index (κ3) is 3.47. The summed E-state index contributed by atoms with van der Waals surface area (Å²) in [7, 11) is 2.81. The molecule has 0 bridgehead atoms. The topological polar surface area (TPSA) is 77.5 Å². The number of carbonyl (C=O) groups excluding carboxylic acids is 1. The standard InChI is InChI=1S/C17H15FN4O3/c1-24-14-6-4-3-5-12(14)20-21-17-13(9-16(23)25-2)19-15-8-7-11(18)10-22(15)17/h3-8,10H,9H2,1-2H3. The predicted octanol–water partition coefficient (Wildman–Crippen LogP) is 3.61. The minimum Gasteiger partial charge on any atom is -0.494 e. The number of para-hydroxylation sites is 1. The van der Waals surface area contributed by atoms with E-state index in [-0.39, 0.29) is 12.2 Å². The number of azo groups is 1. The van der Waals surface area contributed by atoms with E-state index in [1.54, 1.807) is 18.2 Å². The van der Waals surface area contributed by atoms with Crippen LogP contribution in [-0.2, 0) is 16.0 Å². The zero-order valence-corrected chi connectivity index (χ0v) is 13.6. The average Bonchev–Trinajstić information content (AvgIpc) is 2.96. The Morgan fingerprint density at radius 2 is 2.00 bits per heavy atom. The van der Waals surface area contributed by atoms with Gasteiger partial charge in [0.1, 0.15) is 22.9 Å². The molecule has 0 amide bonds. The molecule has 128 valence electrons. The van der Waals surface area contributed by atoms with Crippen molar-refractivity contribution in [3.05, 3.63) is 54.1 Å². The van der Waals surface area contributed by atoms with Crippen molar-refractivity contribution in [1.82, 2.24) is 9.38 Å². The molecular weight excluding hydrogens is 327 g/mol. The fraction of sp³-hybridized carbons (Fsp3) is 0.176. The monoisotopic (exact) mass is 342 g/mol. The Bertz CT molecular complexity index is 952. The molecule has 0 aliphatic heterocycles. The summed E-state index contributed by atoms with van der Waals surface area (Å²) in [5.41, 5.74) is 1.30. The van der Waals surface area contributed by atoms with Crippen molar-refractivity contribution in [3.63, 3.8) is 0 Å². The SMILES string of the molecule is COC(=O)Cc1nc2ccc(F)cn2c1N=Nc1ccccc1OC. The van der Waals surface area contributed by atoms with E-state index in [1.165, 1.54) is 36.9 Å². The number of methoxy groups -OCH3 is 2. The van der Waals surface area contributed by atoms with Gasteiger partial charge < -0.3 is 9.47 Å². The molecule has 0 radical (unpaired) electrons. The lowest BCUT2D eigenvalue weighted by molar-refractivity contribution is -0.139. The Kier molecular flexibility index (Phi) is 4.69. The van der Waals surface area contributed by atoms with Crippen molar-refractivity contribution in [2.24, 2.45) is 10.2 Å². The van der Waals surface area contributed by atoms with E-state index >= 15 is 0 Å². The maximum Gasteiger partial charge on any atom is 0.311 e. The maximum absolute atomic E-state index is 13.6. The first kappa shape index (κ1) is 16.6. The molecule has 3 rings (SSSR count). The van der Waals surface area contributed by atoms with E-state index in [9.17, 15) is 9.18 Å². The van der Waals surface area contributed by atoms with Gasteiger partial charge in [-0.05, 0) is 24.3 Å². The van der Waals surface area contributed by atoms with Gasteiger partial charge in [-0.2, -0.15) is 0 Å². The number of carbonyl (C=O) groups is 1. The molecule has 0 fully saturated rings. The van der Waals surface area contributed by atoms with Crippen LogP contribution in [0.3, 0.4) is 0 Å². The van der Waals surface area contributed by atoms with Gasteiger partial charge in [0.15, 0.2) is 5.82 Å². The highest BCUT2D eigenvalue weighted by Gasteiger charge is 2.16. The number of ether oxygens (including phenoxy) is 2. The van der Waals surface area contributed by atoms with Crippen LogP contribution in [0.15, 0.2) is 52.8 Å². The number of esters is 1. The van der Waals surface area contributed by atoms with Crippen LogP contribution < -0.4 is 4.74 Å². The van der Waals surface area contributed by atoms with Crippen LogP contribution in [0.5, 0.6) is 5.75 Å². The van der Waals surface area contributed by atoms with Gasteiger partial charge >= 0.3 is 5.97 Å². The van der Waals surface area contributed by atoms with Crippen molar-refractivity contribution >= 4 is 23.1 Å². The Labute approximate surface area is 142 Å². The maximum atomic E-state index is 13.6. The number of fused-ring (bicyclic) bond motifs is 1. The average molecular weight is 342 g/mol. The molecule has 0 aliphatic rings. The zero-order valence-electron chi connectivity index (χ0n) is 13.6. The van der Waals surface area contributed by atoms with Crippen LogP contribution in [0.4, 0.5) is 15.9 Å². The van der Waals surface area contributed by atoms with Crippen LogP contribution >= 0.6 is 0 Å². The molecule has 3 aromatic rings. The van der Waals surface area contributed by atoms with Gasteiger partial charge in [-0.15, -0.1) is 10.2 Å². The Hall–Kier alpha value is -3.29. The molecule has 2 heterocycles. The van der Waals surface area contributed by atoms with Crippen LogP contribution in [0.25, 0.3) is 5.65 Å². The number of imidazole rings is 1.